The fourth-order valence-corrected chi connectivity index (χ4v) is 6.48. The van der Waals surface area contributed by atoms with Crippen LogP contribution in [0.15, 0.2) is 140 Å². The van der Waals surface area contributed by atoms with Crippen LogP contribution in [0, 0.1) is 29.6 Å². The van der Waals surface area contributed by atoms with Gasteiger partial charge in [0.15, 0.2) is 11.8 Å². The number of allylic oxidation sites excluding steroid dienone is 8. The second-order valence-corrected chi connectivity index (χ2v) is 11.3. The van der Waals surface area contributed by atoms with Crippen molar-refractivity contribution in [2.45, 2.75) is 31.0 Å². The molecular weight excluding hydrogens is 592 g/mol. The standard InChI is InChI=1S/C18H14N4O2.C18H14N4O/c1-23-11-6-10(8-21-9-11)16-13-2-3-15-12(4-5-22-15)17(13)24-18(20)14(16)7-19;1-10-6-11(9-21-8-10)16-13-2-3-15-12(4-5-22-15)17(13)23-18(20)14(16)7-19/h2-6,8-9,16-17H,20H2,1H3;2-6,8-9,16-17H,20H2,1H3. The summed E-state index contributed by atoms with van der Waals surface area (Å²) in [7, 11) is 1.58. The molecule has 4 atom stereocenters. The van der Waals surface area contributed by atoms with Crippen LogP contribution in [0.1, 0.15) is 28.5 Å². The predicted octanol–water partition coefficient (Wildman–Crippen LogP) is 4.50. The molecule has 47 heavy (non-hydrogen) atoms. The summed E-state index contributed by atoms with van der Waals surface area (Å²) in [5, 5.41) is 19.2. The van der Waals surface area contributed by atoms with Gasteiger partial charge in [-0.05, 0) is 65.1 Å². The minimum Gasteiger partial charge on any atom is -0.495 e. The molecule has 2 aromatic rings. The van der Waals surface area contributed by atoms with Crippen molar-refractivity contribution in [2.24, 2.45) is 21.5 Å². The van der Waals surface area contributed by atoms with E-state index in [4.69, 9.17) is 25.7 Å². The average Bonchev–Trinajstić information content (AvgIpc) is 3.78. The zero-order valence-corrected chi connectivity index (χ0v) is 25.5. The third kappa shape index (κ3) is 5.00. The summed E-state index contributed by atoms with van der Waals surface area (Å²) in [6.45, 7) is 1.98. The molecule has 11 nitrogen and oxygen atoms in total. The number of aliphatic imine (C=N–C) groups is 2. The molecule has 230 valence electrons. The van der Waals surface area contributed by atoms with E-state index in [-0.39, 0.29) is 35.8 Å². The normalized spacial score (nSPS) is 24.4. The number of nitrogens with two attached hydrogens (primary N) is 2. The summed E-state index contributed by atoms with van der Waals surface area (Å²) in [6, 6.07) is 8.28. The highest BCUT2D eigenvalue weighted by Crippen LogP contribution is 2.47. The largest absolute Gasteiger partial charge is 0.495 e. The molecule has 6 aliphatic rings. The van der Waals surface area contributed by atoms with E-state index in [0.717, 1.165) is 50.4 Å². The number of fused-ring (bicyclic) bond motifs is 6. The summed E-state index contributed by atoms with van der Waals surface area (Å²) in [5.74, 6) is 0.375. The number of pyridine rings is 2. The second-order valence-electron chi connectivity index (χ2n) is 11.3. The Kier molecular flexibility index (Phi) is 7.35. The molecular formula is C36H28N8O3. The van der Waals surface area contributed by atoms with Crippen molar-refractivity contribution in [1.82, 2.24) is 9.97 Å². The Bertz CT molecular complexity index is 2110. The third-order valence-electron chi connectivity index (χ3n) is 8.60. The number of rotatable bonds is 3. The summed E-state index contributed by atoms with van der Waals surface area (Å²) < 4.78 is 16.9. The van der Waals surface area contributed by atoms with Gasteiger partial charge in [0.1, 0.15) is 41.2 Å². The smallest absolute Gasteiger partial charge is 0.200 e. The van der Waals surface area contributed by atoms with Crippen molar-refractivity contribution in [1.29, 1.82) is 10.5 Å². The van der Waals surface area contributed by atoms with Crippen LogP contribution in [0.3, 0.4) is 0 Å². The minimum atomic E-state index is -0.346. The Balaban J connectivity index is 0.000000150. The molecule has 0 bridgehead atoms. The maximum Gasteiger partial charge on any atom is 0.200 e. The Morgan fingerprint density at radius 2 is 1.21 bits per heavy atom. The van der Waals surface area contributed by atoms with Crippen molar-refractivity contribution >= 4 is 12.4 Å². The molecule has 0 spiro atoms. The molecule has 0 amide bonds. The highest BCUT2D eigenvalue weighted by molar-refractivity contribution is 5.82. The minimum absolute atomic E-state index is 0.140. The fourth-order valence-electron chi connectivity index (χ4n) is 6.48. The molecule has 4 N–H and O–H groups in total. The van der Waals surface area contributed by atoms with Gasteiger partial charge in [-0.2, -0.15) is 10.5 Å². The maximum absolute atomic E-state index is 9.60. The topological polar surface area (TPSA) is 178 Å². The Hall–Kier alpha value is -6.46. The van der Waals surface area contributed by atoms with E-state index in [1.165, 1.54) is 0 Å². The fraction of sp³-hybridized carbons (Fsp3) is 0.167. The van der Waals surface area contributed by atoms with Crippen LogP contribution >= 0.6 is 0 Å². The number of nitrogens with zero attached hydrogens (tertiary/aromatic N) is 6. The van der Waals surface area contributed by atoms with Crippen LogP contribution in [0.5, 0.6) is 5.75 Å². The van der Waals surface area contributed by atoms with E-state index in [9.17, 15) is 10.5 Å². The molecule has 11 heteroatoms. The van der Waals surface area contributed by atoms with E-state index in [2.05, 4.69) is 32.1 Å². The number of aromatic nitrogens is 2. The SMILES string of the molecule is COc1cncc(C2C3=CC=C4N=CC=C4C3OC(N)=C2C#N)c1.Cc1cncc(C2C3=CC=C4N=CC=C4C3OC(N)=C2C#N)c1. The Labute approximate surface area is 270 Å². The molecule has 0 fully saturated rings. The summed E-state index contributed by atoms with van der Waals surface area (Å²) >= 11 is 0. The van der Waals surface area contributed by atoms with Crippen molar-refractivity contribution in [3.05, 3.63) is 147 Å². The van der Waals surface area contributed by atoms with Gasteiger partial charge in [-0.25, -0.2) is 0 Å². The number of hydrogen-bond donors (Lipinski definition) is 2. The second kappa shape index (κ2) is 11.8. The zero-order chi connectivity index (χ0) is 32.7. The number of ether oxygens (including phenoxy) is 3. The van der Waals surface area contributed by atoms with E-state index in [1.54, 1.807) is 44.3 Å². The number of methoxy groups -OCH3 is 1. The van der Waals surface area contributed by atoms with Gasteiger partial charge in [-0.1, -0.05) is 18.2 Å². The molecule has 4 aliphatic heterocycles. The molecule has 6 heterocycles. The lowest BCUT2D eigenvalue weighted by atomic mass is 9.77. The number of nitriles is 2. The first-order valence-corrected chi connectivity index (χ1v) is 14.8. The molecule has 4 unspecified atom stereocenters. The lowest BCUT2D eigenvalue weighted by molar-refractivity contribution is 0.151. The molecule has 0 saturated carbocycles. The van der Waals surface area contributed by atoms with Crippen LogP contribution in [0.25, 0.3) is 0 Å². The van der Waals surface area contributed by atoms with Gasteiger partial charge in [-0.15, -0.1) is 0 Å². The predicted molar refractivity (Wildman–Crippen MR) is 174 cm³/mol. The van der Waals surface area contributed by atoms with Gasteiger partial charge in [0.05, 0.1) is 36.5 Å². The Morgan fingerprint density at radius 1 is 0.702 bits per heavy atom. The van der Waals surface area contributed by atoms with E-state index >= 15 is 0 Å². The van der Waals surface area contributed by atoms with Gasteiger partial charge in [-0.3, -0.25) is 20.0 Å². The Morgan fingerprint density at radius 3 is 1.70 bits per heavy atom. The molecule has 0 aromatic carbocycles. The van der Waals surface area contributed by atoms with Crippen molar-refractivity contribution in [2.75, 3.05) is 7.11 Å². The lowest BCUT2D eigenvalue weighted by Crippen LogP contribution is -2.33. The van der Waals surface area contributed by atoms with Gasteiger partial charge in [0, 0.05) is 42.2 Å². The van der Waals surface area contributed by atoms with E-state index in [1.807, 2.05) is 55.5 Å². The zero-order valence-electron chi connectivity index (χ0n) is 25.5. The maximum atomic E-state index is 9.60. The summed E-state index contributed by atoms with van der Waals surface area (Å²) in [4.78, 5) is 17.1. The van der Waals surface area contributed by atoms with Gasteiger partial charge in [0.2, 0.25) is 0 Å². The lowest BCUT2D eigenvalue weighted by Gasteiger charge is -2.35. The highest BCUT2D eigenvalue weighted by Gasteiger charge is 2.41. The van der Waals surface area contributed by atoms with Crippen LogP contribution in [0.2, 0.25) is 0 Å². The van der Waals surface area contributed by atoms with Crippen LogP contribution in [-0.2, 0) is 9.47 Å². The van der Waals surface area contributed by atoms with Gasteiger partial charge < -0.3 is 25.7 Å². The molecule has 2 aromatic heterocycles. The van der Waals surface area contributed by atoms with Gasteiger partial charge in [0.25, 0.3) is 0 Å². The van der Waals surface area contributed by atoms with Crippen molar-refractivity contribution in [3.8, 4) is 17.9 Å². The van der Waals surface area contributed by atoms with E-state index in [0.29, 0.717) is 16.9 Å². The molecule has 0 radical (unpaired) electrons. The third-order valence-corrected chi connectivity index (χ3v) is 8.60. The van der Waals surface area contributed by atoms with Crippen molar-refractivity contribution in [3.63, 3.8) is 0 Å². The summed E-state index contributed by atoms with van der Waals surface area (Å²) in [6.07, 6.45) is 21.4. The molecule has 0 saturated heterocycles. The van der Waals surface area contributed by atoms with Gasteiger partial charge >= 0.3 is 0 Å². The monoisotopic (exact) mass is 620 g/mol. The number of hydrogen-bond acceptors (Lipinski definition) is 11. The average molecular weight is 621 g/mol. The first kappa shape index (κ1) is 29.3. The number of aryl methyl sites for hydroxylation is 1. The van der Waals surface area contributed by atoms with Crippen LogP contribution in [0.4, 0.5) is 0 Å². The molecule has 2 aliphatic carbocycles. The highest BCUT2D eigenvalue weighted by atomic mass is 16.5. The first-order valence-electron chi connectivity index (χ1n) is 14.8. The molecule has 8 rings (SSSR count). The van der Waals surface area contributed by atoms with Crippen LogP contribution in [-0.4, -0.2) is 41.7 Å². The quantitative estimate of drug-likeness (QED) is 0.500. The van der Waals surface area contributed by atoms with E-state index < -0.39 is 0 Å². The van der Waals surface area contributed by atoms with Crippen molar-refractivity contribution < 1.29 is 14.2 Å². The first-order chi connectivity index (χ1) is 22.9. The van der Waals surface area contributed by atoms with Crippen LogP contribution < -0.4 is 16.2 Å². The summed E-state index contributed by atoms with van der Waals surface area (Å²) in [5.41, 5.74) is 21.3.